The molecule has 0 saturated carbocycles. The number of carbonyl (C=O) groups excluding carboxylic acids is 1. The molecule has 394 valence electrons. The quantitative estimate of drug-likeness (QED) is 0.138. The summed E-state index contributed by atoms with van der Waals surface area (Å²) < 4.78 is 5.41. The molecule has 0 aromatic heterocycles. The predicted molar refractivity (Wildman–Crippen MR) is 340 cm³/mol. The van der Waals surface area contributed by atoms with Crippen LogP contribution >= 0.6 is 0 Å². The molecule has 2 heteroatoms. The first-order valence-corrected chi connectivity index (χ1v) is 23.3. The molecule has 1 aliphatic rings. The maximum Gasteiger partial charge on any atom is 0.306 e. The zero-order valence-corrected chi connectivity index (χ0v) is 47.2. The highest BCUT2D eigenvalue weighted by Crippen LogP contribution is 2.15. The molecule has 0 aromatic rings. The second-order valence-corrected chi connectivity index (χ2v) is 12.5. The highest BCUT2D eigenvalue weighted by molar-refractivity contribution is 5.69. The highest BCUT2D eigenvalue weighted by Gasteiger charge is 2.09. The first-order chi connectivity index (χ1) is 39.7. The summed E-state index contributed by atoms with van der Waals surface area (Å²) in [5, 5.41) is 0. The minimum Gasteiger partial charge on any atom is -0.463 e. The van der Waals surface area contributed by atoms with Gasteiger partial charge in [-0.3, -0.25) is 46.2 Å². The molecule has 82 heavy (non-hydrogen) atoms. The fourth-order valence-electron chi connectivity index (χ4n) is 3.91. The van der Waals surface area contributed by atoms with Gasteiger partial charge in [0.25, 0.3) is 0 Å². The third kappa shape index (κ3) is 121. The van der Waals surface area contributed by atoms with Crippen LogP contribution in [0.2, 0.25) is 0 Å². The number of terminal acetylenes is 4. The number of hydrogen-bond acceptors (Lipinski definition) is 2. The highest BCUT2D eigenvalue weighted by atomic mass is 16.5. The number of esters is 1. The van der Waals surface area contributed by atoms with E-state index in [9.17, 15) is 4.79 Å². The van der Waals surface area contributed by atoms with Crippen LogP contribution in [0.25, 0.3) is 0 Å². The fourth-order valence-corrected chi connectivity index (χ4v) is 3.91. The van der Waals surface area contributed by atoms with E-state index in [0.717, 1.165) is 12.8 Å². The minimum absolute atomic E-state index is 0. The van der Waals surface area contributed by atoms with Gasteiger partial charge in [0.15, 0.2) is 0 Å². The molecule has 1 aliphatic heterocycles. The van der Waals surface area contributed by atoms with Crippen molar-refractivity contribution in [2.75, 3.05) is 0 Å². The van der Waals surface area contributed by atoms with E-state index < -0.39 is 0 Å². The van der Waals surface area contributed by atoms with Crippen molar-refractivity contribution in [1.82, 2.24) is 0 Å². The van der Waals surface area contributed by atoms with Crippen LogP contribution in [-0.2, 0) is 9.53 Å². The SMILES string of the molecule is C#CC#CC#CC#CC#CC#CC#C[CH2-].C#CC#CC#CC#CC#C[CH2-].C#CC#CC#C[CH2-].C#C[CH2-].C[C@@H]1CCCCCCCCCCCCCC(=O)O1.[C-]#CC#CC.[C-]#CC#CC#CC#CC.[C-]#CC#CC#CC#CC#CC#CC.[CH3-]. The van der Waals surface area contributed by atoms with E-state index in [0.29, 0.717) is 6.42 Å². The fraction of sp³-hybridized carbons (Fsp3) is 0.225. The topological polar surface area (TPSA) is 26.3 Å². The molecule has 1 rings (SSSR count). The summed E-state index contributed by atoms with van der Waals surface area (Å²) in [7, 11) is 0. The summed E-state index contributed by atoms with van der Waals surface area (Å²) in [6, 6.07) is 0. The molecule has 1 atom stereocenters. The summed E-state index contributed by atoms with van der Waals surface area (Å²) in [6.45, 7) is 19.9. The second kappa shape index (κ2) is 97.0. The third-order valence-electron chi connectivity index (χ3n) is 6.74. The van der Waals surface area contributed by atoms with E-state index in [1.807, 2.05) is 30.6 Å². The van der Waals surface area contributed by atoms with Crippen molar-refractivity contribution in [3.8, 4) is 316 Å². The van der Waals surface area contributed by atoms with E-state index in [2.05, 4.69) is 301 Å². The number of carbonyl (C=O) groups is 1. The van der Waals surface area contributed by atoms with Gasteiger partial charge in [-0.15, -0.1) is 48.9 Å². The summed E-state index contributed by atoms with van der Waals surface area (Å²) >= 11 is 0. The molecule has 1 heterocycles. The van der Waals surface area contributed by atoms with E-state index in [1.54, 1.807) is 20.8 Å². The van der Waals surface area contributed by atoms with Crippen LogP contribution in [0.1, 0.15) is 111 Å². The largest absolute Gasteiger partial charge is 0.463 e. The molecular weight excluding hydrogens is 993 g/mol. The Kier molecular flexibility index (Phi) is 101. The first kappa shape index (κ1) is 85.4. The number of rotatable bonds is 0. The second-order valence-electron chi connectivity index (χ2n) is 12.5. The Morgan fingerprint density at radius 1 is 0.354 bits per heavy atom. The van der Waals surface area contributed by atoms with Crippen LogP contribution in [0.5, 0.6) is 0 Å². The lowest BCUT2D eigenvalue weighted by atomic mass is 10.0. The van der Waals surface area contributed by atoms with Crippen molar-refractivity contribution < 1.29 is 9.53 Å². The Bertz CT molecular complexity index is 3700. The van der Waals surface area contributed by atoms with Gasteiger partial charge in [-0.05, 0) is 213 Å². The van der Waals surface area contributed by atoms with Gasteiger partial charge >= 0.3 is 5.97 Å². The van der Waals surface area contributed by atoms with Crippen molar-refractivity contribution in [2.45, 2.75) is 117 Å². The van der Waals surface area contributed by atoms with Crippen molar-refractivity contribution in [3.63, 3.8) is 0 Å². The molecule has 0 aromatic carbocycles. The maximum absolute atomic E-state index is 11.6. The minimum atomic E-state index is 0. The molecule has 0 spiro atoms. The standard InChI is InChI=1S/C16H30O2.C15H3.C13H3.C11H3.C9H3.C7H3.C5H3.C3H3.CH3/c1-15-13-11-9-7-5-3-2-4-6-8-10-12-14-16(17)18-15;1-3-5-7-9-11-13-15-14-12-10-8-6-4-2;1-3-5-7-9-11-13-12-10-8-6-4-2;1-3-5-7-9-11-10-8-6-4-2;1-3-5-7-9-8-6-4-2;1-3-5-7-6-4-2;1-3-5-4-2;1-3-2;/h15H,2-14H2,1H3;1H,2H2;1H3;1H,2H2;1H3;1H,2H2;1H3;1H,2H2;1H3/q;8*-1/t15-;;;;;;;;/m1......../s1. The van der Waals surface area contributed by atoms with Crippen LogP contribution < -0.4 is 0 Å². The van der Waals surface area contributed by atoms with Crippen molar-refractivity contribution in [1.29, 1.82) is 0 Å². The Balaban J connectivity index is -0.000000132. The van der Waals surface area contributed by atoms with Crippen LogP contribution in [-0.4, -0.2) is 12.1 Å². The molecule has 0 radical (unpaired) electrons. The van der Waals surface area contributed by atoms with Crippen molar-refractivity contribution >= 4 is 5.97 Å². The van der Waals surface area contributed by atoms with Gasteiger partial charge < -0.3 is 43.8 Å². The molecule has 0 amide bonds. The average molecular weight is 1050 g/mol. The van der Waals surface area contributed by atoms with Crippen LogP contribution in [0.3, 0.4) is 0 Å². The smallest absolute Gasteiger partial charge is 0.306 e. The van der Waals surface area contributed by atoms with Crippen molar-refractivity contribution in [3.05, 3.63) is 54.4 Å². The Morgan fingerprint density at radius 2 is 0.573 bits per heavy atom. The van der Waals surface area contributed by atoms with Crippen LogP contribution in [0.4, 0.5) is 0 Å². The van der Waals surface area contributed by atoms with Gasteiger partial charge in [-0.25, -0.2) is 35.5 Å². The lowest BCUT2D eigenvalue weighted by Crippen LogP contribution is -2.14. The molecule has 0 unspecified atom stereocenters. The van der Waals surface area contributed by atoms with E-state index in [4.69, 9.17) is 43.3 Å². The van der Waals surface area contributed by atoms with Gasteiger partial charge in [0.2, 0.25) is 0 Å². The summed E-state index contributed by atoms with van der Waals surface area (Å²) in [4.78, 5) is 11.6. The van der Waals surface area contributed by atoms with Gasteiger partial charge in [0.1, 0.15) is 0 Å². The molecular formula is C80H54O2-8. The average Bonchev–Trinajstić information content (AvgIpc) is 3.46. The predicted octanol–water partition coefficient (Wildman–Crippen LogP) is 9.13. The lowest BCUT2D eigenvalue weighted by molar-refractivity contribution is -0.148. The zero-order valence-electron chi connectivity index (χ0n) is 47.2. The maximum atomic E-state index is 11.6. The van der Waals surface area contributed by atoms with Crippen molar-refractivity contribution in [2.24, 2.45) is 0 Å². The molecule has 0 aliphatic carbocycles. The Labute approximate surface area is 500 Å². The Morgan fingerprint density at radius 3 is 0.817 bits per heavy atom. The number of cyclic esters (lactones) is 1. The molecule has 1 fully saturated rings. The number of hydrogen-bond donors (Lipinski definition) is 0. The van der Waals surface area contributed by atoms with Gasteiger partial charge in [0, 0.05) is 6.42 Å². The lowest BCUT2D eigenvalue weighted by Gasteiger charge is -2.13. The molecule has 1 saturated heterocycles. The monoisotopic (exact) mass is 1050 g/mol. The normalized spacial score (nSPS) is 8.50. The zero-order chi connectivity index (χ0) is 61.7. The van der Waals surface area contributed by atoms with Crippen LogP contribution in [0, 0.1) is 370 Å². The summed E-state index contributed by atoms with van der Waals surface area (Å²) in [6.07, 6.45) is 53.9. The Hall–Kier alpha value is -13.4. The molecule has 0 N–H and O–H groups in total. The van der Waals surface area contributed by atoms with Gasteiger partial charge in [-0.2, -0.15) is 27.7 Å². The third-order valence-corrected chi connectivity index (χ3v) is 6.74. The van der Waals surface area contributed by atoms with Gasteiger partial charge in [0.05, 0.1) is 6.10 Å². The molecule has 0 bridgehead atoms. The summed E-state index contributed by atoms with van der Waals surface area (Å²) in [5.74, 6) is 116. The van der Waals surface area contributed by atoms with Gasteiger partial charge in [-0.1, -0.05) is 69.6 Å². The number of ether oxygens (including phenoxy) is 1. The van der Waals surface area contributed by atoms with E-state index in [1.165, 1.54) is 64.2 Å². The summed E-state index contributed by atoms with van der Waals surface area (Å²) in [5.41, 5.74) is 0. The van der Waals surface area contributed by atoms with Crippen LogP contribution in [0.15, 0.2) is 0 Å². The molecule has 2 nitrogen and oxygen atoms in total. The van der Waals surface area contributed by atoms with E-state index in [-0.39, 0.29) is 19.5 Å². The van der Waals surface area contributed by atoms with E-state index >= 15 is 0 Å². The first-order valence-electron chi connectivity index (χ1n) is 23.3.